The number of aryl methyl sites for hydroxylation is 1. The van der Waals surface area contributed by atoms with Gasteiger partial charge in [0, 0.05) is 6.20 Å². The second-order valence-electron chi connectivity index (χ2n) is 4.30. The molecular formula is C13H15N5O3S. The molecule has 0 spiro atoms. The number of amides is 1. The number of hydrogen-bond acceptors (Lipinski definition) is 7. The Morgan fingerprint density at radius 1 is 1.41 bits per heavy atom. The number of rotatable bonds is 6. The first kappa shape index (κ1) is 16.0. The van der Waals surface area contributed by atoms with Crippen LogP contribution in [0.3, 0.4) is 0 Å². The van der Waals surface area contributed by atoms with E-state index in [-0.39, 0.29) is 18.2 Å². The van der Waals surface area contributed by atoms with Crippen molar-refractivity contribution in [3.05, 3.63) is 40.5 Å². The first-order chi connectivity index (χ1) is 10.6. The molecule has 22 heavy (non-hydrogen) atoms. The minimum atomic E-state index is -0.430. The molecule has 1 amide bonds. The molecule has 0 radical (unpaired) electrons. The van der Waals surface area contributed by atoms with Crippen LogP contribution in [0.4, 0.5) is 0 Å². The van der Waals surface area contributed by atoms with Gasteiger partial charge in [0.1, 0.15) is 10.9 Å². The molecule has 2 aromatic heterocycles. The summed E-state index contributed by atoms with van der Waals surface area (Å²) in [5.41, 5.74) is 0.385. The topological polar surface area (TPSA) is 110 Å². The van der Waals surface area contributed by atoms with Crippen LogP contribution in [0.1, 0.15) is 11.4 Å². The van der Waals surface area contributed by atoms with Gasteiger partial charge in [-0.1, -0.05) is 11.8 Å². The van der Waals surface area contributed by atoms with Crippen LogP contribution in [-0.4, -0.2) is 38.7 Å². The van der Waals surface area contributed by atoms with Crippen molar-refractivity contribution in [3.8, 4) is 5.75 Å². The molecule has 116 valence electrons. The van der Waals surface area contributed by atoms with Crippen LogP contribution >= 0.6 is 11.8 Å². The molecule has 0 aromatic carbocycles. The zero-order valence-electron chi connectivity index (χ0n) is 12.1. The Bertz CT molecular complexity index is 702. The molecule has 0 fully saturated rings. The minimum absolute atomic E-state index is 0.160. The van der Waals surface area contributed by atoms with E-state index in [0.29, 0.717) is 16.6 Å². The van der Waals surface area contributed by atoms with Crippen LogP contribution in [0.2, 0.25) is 0 Å². The second kappa shape index (κ2) is 7.55. The van der Waals surface area contributed by atoms with Crippen LogP contribution in [0.5, 0.6) is 5.75 Å². The lowest BCUT2D eigenvalue weighted by Gasteiger charge is -2.05. The smallest absolute Gasteiger partial charge is 0.345 e. The zero-order chi connectivity index (χ0) is 15.9. The number of aromatic amines is 1. The Morgan fingerprint density at radius 3 is 2.82 bits per heavy atom. The summed E-state index contributed by atoms with van der Waals surface area (Å²) in [5.74, 6) is 1.02. The number of methoxy groups -OCH3 is 1. The number of thioether (sulfide) groups is 1. The number of carbonyl (C=O) groups is 1. The molecule has 0 saturated carbocycles. The van der Waals surface area contributed by atoms with Crippen LogP contribution in [0, 0.1) is 6.92 Å². The third kappa shape index (κ3) is 4.55. The monoisotopic (exact) mass is 321 g/mol. The van der Waals surface area contributed by atoms with Crippen molar-refractivity contribution in [2.75, 3.05) is 12.9 Å². The molecule has 2 rings (SSSR count). The van der Waals surface area contributed by atoms with Crippen molar-refractivity contribution in [2.45, 2.75) is 18.5 Å². The minimum Gasteiger partial charge on any atom is -0.494 e. The number of nitrogens with one attached hydrogen (secondary N) is 2. The van der Waals surface area contributed by atoms with Gasteiger partial charge in [0.2, 0.25) is 5.91 Å². The molecule has 2 N–H and O–H groups in total. The first-order valence-corrected chi connectivity index (χ1v) is 7.38. The molecule has 0 aliphatic carbocycles. The van der Waals surface area contributed by atoms with Gasteiger partial charge in [-0.15, -0.1) is 0 Å². The van der Waals surface area contributed by atoms with Crippen LogP contribution in [0.15, 0.2) is 28.4 Å². The van der Waals surface area contributed by atoms with E-state index in [1.165, 1.54) is 31.3 Å². The highest BCUT2D eigenvalue weighted by molar-refractivity contribution is 7.99. The van der Waals surface area contributed by atoms with E-state index in [1.54, 1.807) is 6.20 Å². The summed E-state index contributed by atoms with van der Waals surface area (Å²) in [6.45, 7) is 2.04. The lowest BCUT2D eigenvalue weighted by molar-refractivity contribution is -0.118. The van der Waals surface area contributed by atoms with Crippen molar-refractivity contribution in [1.29, 1.82) is 0 Å². The quantitative estimate of drug-likeness (QED) is 0.581. The maximum Gasteiger partial charge on any atom is 0.345 e. The number of H-pyrrole nitrogens is 1. The Morgan fingerprint density at radius 2 is 2.14 bits per heavy atom. The van der Waals surface area contributed by atoms with Gasteiger partial charge in [0.15, 0.2) is 5.75 Å². The molecule has 0 atom stereocenters. The Hall–Kier alpha value is -2.42. The molecule has 0 unspecified atom stereocenters. The van der Waals surface area contributed by atoms with Crippen LogP contribution in [-0.2, 0) is 11.3 Å². The number of nitrogens with zero attached hydrogens (tertiary/aromatic N) is 3. The molecule has 0 bridgehead atoms. The molecule has 0 saturated heterocycles. The normalized spacial score (nSPS) is 10.3. The fraction of sp³-hybridized carbons (Fsp3) is 0.308. The summed E-state index contributed by atoms with van der Waals surface area (Å²) in [4.78, 5) is 37.3. The average molecular weight is 321 g/mol. The lowest BCUT2D eigenvalue weighted by Crippen LogP contribution is -2.25. The van der Waals surface area contributed by atoms with Gasteiger partial charge in [0.25, 0.3) is 0 Å². The summed E-state index contributed by atoms with van der Waals surface area (Å²) < 4.78 is 4.95. The fourth-order valence-corrected chi connectivity index (χ4v) is 2.30. The van der Waals surface area contributed by atoms with Gasteiger partial charge in [0.05, 0.1) is 31.8 Å². The standard InChI is InChI=1S/C13H15N5O3S/c1-8-3-17-13(20)18-12(8)22-7-11(19)16-6-10-14-4-9(21-2)5-15-10/h3-5H,6-7H2,1-2H3,(H,16,19)(H,17,18,20). The molecular weight excluding hydrogens is 306 g/mol. The van der Waals surface area contributed by atoms with E-state index >= 15 is 0 Å². The highest BCUT2D eigenvalue weighted by Crippen LogP contribution is 2.16. The van der Waals surface area contributed by atoms with E-state index in [0.717, 1.165) is 5.56 Å². The molecule has 8 nitrogen and oxygen atoms in total. The van der Waals surface area contributed by atoms with E-state index in [2.05, 4.69) is 25.3 Å². The third-order valence-electron chi connectivity index (χ3n) is 2.65. The fourth-order valence-electron chi connectivity index (χ4n) is 1.49. The highest BCUT2D eigenvalue weighted by Gasteiger charge is 2.07. The van der Waals surface area contributed by atoms with Crippen molar-refractivity contribution >= 4 is 17.7 Å². The molecule has 0 aliphatic heterocycles. The van der Waals surface area contributed by atoms with Gasteiger partial charge in [-0.3, -0.25) is 4.79 Å². The maximum atomic E-state index is 11.8. The molecule has 2 heterocycles. The van der Waals surface area contributed by atoms with Crippen LogP contribution < -0.4 is 15.7 Å². The number of ether oxygens (including phenoxy) is 1. The lowest BCUT2D eigenvalue weighted by atomic mass is 10.4. The Labute approximate surface area is 130 Å². The third-order valence-corrected chi connectivity index (χ3v) is 3.75. The number of aromatic nitrogens is 4. The largest absolute Gasteiger partial charge is 0.494 e. The van der Waals surface area contributed by atoms with E-state index in [1.807, 2.05) is 6.92 Å². The molecule has 2 aromatic rings. The summed E-state index contributed by atoms with van der Waals surface area (Å²) >= 11 is 1.21. The predicted octanol–water partition coefficient (Wildman–Crippen LogP) is 0.285. The van der Waals surface area contributed by atoms with E-state index in [9.17, 15) is 9.59 Å². The number of carbonyl (C=O) groups excluding carboxylic acids is 1. The van der Waals surface area contributed by atoms with Gasteiger partial charge in [-0.2, -0.15) is 4.98 Å². The Kier molecular flexibility index (Phi) is 5.48. The molecule has 9 heteroatoms. The van der Waals surface area contributed by atoms with Gasteiger partial charge in [-0.25, -0.2) is 14.8 Å². The SMILES string of the molecule is COc1cnc(CNC(=O)CSc2nc(=O)[nH]cc2C)nc1. The average Bonchev–Trinajstić information content (AvgIpc) is 2.54. The first-order valence-electron chi connectivity index (χ1n) is 6.39. The summed E-state index contributed by atoms with van der Waals surface area (Å²) in [6.07, 6.45) is 4.64. The van der Waals surface area contributed by atoms with Crippen molar-refractivity contribution in [2.24, 2.45) is 0 Å². The zero-order valence-corrected chi connectivity index (χ0v) is 12.9. The Balaban J connectivity index is 1.82. The number of hydrogen-bond donors (Lipinski definition) is 2. The van der Waals surface area contributed by atoms with Gasteiger partial charge >= 0.3 is 5.69 Å². The predicted molar refractivity (Wildman–Crippen MR) is 80.7 cm³/mol. The highest BCUT2D eigenvalue weighted by atomic mass is 32.2. The van der Waals surface area contributed by atoms with Crippen molar-refractivity contribution < 1.29 is 9.53 Å². The summed E-state index contributed by atoms with van der Waals surface area (Å²) in [5, 5.41) is 3.24. The van der Waals surface area contributed by atoms with E-state index in [4.69, 9.17) is 4.74 Å². The van der Waals surface area contributed by atoms with Crippen LogP contribution in [0.25, 0.3) is 0 Å². The maximum absolute atomic E-state index is 11.8. The summed E-state index contributed by atoms with van der Waals surface area (Å²) in [7, 11) is 1.53. The van der Waals surface area contributed by atoms with Crippen molar-refractivity contribution in [1.82, 2.24) is 25.3 Å². The van der Waals surface area contributed by atoms with Gasteiger partial charge < -0.3 is 15.0 Å². The van der Waals surface area contributed by atoms with Crippen molar-refractivity contribution in [3.63, 3.8) is 0 Å². The molecule has 0 aliphatic rings. The van der Waals surface area contributed by atoms with Gasteiger partial charge in [-0.05, 0) is 12.5 Å². The van der Waals surface area contributed by atoms with E-state index < -0.39 is 5.69 Å². The summed E-state index contributed by atoms with van der Waals surface area (Å²) in [6, 6.07) is 0. The second-order valence-corrected chi connectivity index (χ2v) is 5.26.